The summed E-state index contributed by atoms with van der Waals surface area (Å²) in [6, 6.07) is 3.61. The first-order chi connectivity index (χ1) is 9.38. The van der Waals surface area contributed by atoms with E-state index in [4.69, 9.17) is 5.11 Å². The van der Waals surface area contributed by atoms with Crippen LogP contribution in [-0.2, 0) is 0 Å². The Labute approximate surface area is 120 Å². The number of halogens is 1. The van der Waals surface area contributed by atoms with E-state index in [1.54, 1.807) is 11.3 Å². The molecule has 0 saturated heterocycles. The van der Waals surface area contributed by atoms with Gasteiger partial charge in [-0.1, -0.05) is 0 Å². The Morgan fingerprint density at radius 1 is 1.45 bits per heavy atom. The van der Waals surface area contributed by atoms with Gasteiger partial charge >= 0.3 is 5.97 Å². The number of benzene rings is 1. The molecule has 6 heteroatoms. The molecule has 0 aliphatic heterocycles. The summed E-state index contributed by atoms with van der Waals surface area (Å²) in [5.41, 5.74) is 1.25. The number of aromatic carboxylic acids is 1. The summed E-state index contributed by atoms with van der Waals surface area (Å²) in [6.07, 6.45) is 0. The van der Waals surface area contributed by atoms with Gasteiger partial charge in [0.2, 0.25) is 0 Å². The number of hydrogen-bond donors (Lipinski definition) is 2. The van der Waals surface area contributed by atoms with Crippen LogP contribution in [0.5, 0.6) is 0 Å². The fourth-order valence-corrected chi connectivity index (χ4v) is 3.00. The number of aryl methyl sites for hydroxylation is 2. The van der Waals surface area contributed by atoms with E-state index < -0.39 is 11.8 Å². The number of carbonyl (C=O) groups is 1. The Morgan fingerprint density at radius 3 is 2.70 bits per heavy atom. The molecule has 0 amide bonds. The van der Waals surface area contributed by atoms with Gasteiger partial charge in [0.25, 0.3) is 0 Å². The molecule has 1 unspecified atom stereocenters. The molecule has 0 radical (unpaired) electrons. The van der Waals surface area contributed by atoms with Crippen LogP contribution in [0, 0.1) is 19.7 Å². The molecule has 0 bridgehead atoms. The molecule has 1 atom stereocenters. The van der Waals surface area contributed by atoms with Crippen LogP contribution in [-0.4, -0.2) is 16.1 Å². The maximum absolute atomic E-state index is 13.1. The number of carboxylic acid groups (broad SMARTS) is 1. The van der Waals surface area contributed by atoms with Crippen LogP contribution in [0.15, 0.2) is 18.2 Å². The van der Waals surface area contributed by atoms with E-state index >= 15 is 0 Å². The minimum absolute atomic E-state index is 0.0734. The molecule has 20 heavy (non-hydrogen) atoms. The molecule has 1 aromatic carbocycles. The van der Waals surface area contributed by atoms with Crippen molar-refractivity contribution in [2.45, 2.75) is 26.8 Å². The van der Waals surface area contributed by atoms with Gasteiger partial charge in [0, 0.05) is 10.6 Å². The van der Waals surface area contributed by atoms with Crippen molar-refractivity contribution >= 4 is 23.0 Å². The molecular formula is C14H15FN2O2S. The van der Waals surface area contributed by atoms with E-state index in [0.29, 0.717) is 5.69 Å². The number of rotatable bonds is 4. The van der Waals surface area contributed by atoms with Crippen LogP contribution in [0.3, 0.4) is 0 Å². The quantitative estimate of drug-likeness (QED) is 0.901. The number of anilines is 1. The molecule has 2 aromatic rings. The predicted octanol–water partition coefficient (Wildman–Crippen LogP) is 3.77. The lowest BCUT2D eigenvalue weighted by Gasteiger charge is -2.16. The van der Waals surface area contributed by atoms with Gasteiger partial charge in [-0.25, -0.2) is 14.2 Å². The Kier molecular flexibility index (Phi) is 4.04. The summed E-state index contributed by atoms with van der Waals surface area (Å²) >= 11 is 1.56. The second kappa shape index (κ2) is 5.58. The maximum atomic E-state index is 13.1. The third kappa shape index (κ3) is 2.96. The predicted molar refractivity (Wildman–Crippen MR) is 77.0 cm³/mol. The standard InChI is InChI=1S/C14H15FN2O2S/c1-7-13(20-9(3)16-7)8(2)17-12-5-4-10(15)6-11(12)14(18)19/h4-6,8,17H,1-3H3,(H,18,19). The number of nitrogens with one attached hydrogen (secondary N) is 1. The highest BCUT2D eigenvalue weighted by Crippen LogP contribution is 2.29. The van der Waals surface area contributed by atoms with Crippen molar-refractivity contribution in [2.75, 3.05) is 5.32 Å². The number of hydrogen-bond acceptors (Lipinski definition) is 4. The van der Waals surface area contributed by atoms with Crippen molar-refractivity contribution in [3.8, 4) is 0 Å². The second-order valence-corrected chi connectivity index (χ2v) is 5.78. The van der Waals surface area contributed by atoms with Crippen LogP contribution in [0.4, 0.5) is 10.1 Å². The van der Waals surface area contributed by atoms with Gasteiger partial charge in [0.05, 0.1) is 22.3 Å². The van der Waals surface area contributed by atoms with E-state index in [2.05, 4.69) is 10.3 Å². The molecule has 2 rings (SSSR count). The van der Waals surface area contributed by atoms with E-state index in [1.807, 2.05) is 20.8 Å². The van der Waals surface area contributed by atoms with Crippen LogP contribution >= 0.6 is 11.3 Å². The van der Waals surface area contributed by atoms with Gasteiger partial charge in [-0.3, -0.25) is 0 Å². The fraction of sp³-hybridized carbons (Fsp3) is 0.286. The van der Waals surface area contributed by atoms with Gasteiger partial charge in [0.15, 0.2) is 0 Å². The van der Waals surface area contributed by atoms with Gasteiger partial charge in [0.1, 0.15) is 5.82 Å². The molecule has 1 heterocycles. The van der Waals surface area contributed by atoms with Crippen molar-refractivity contribution in [2.24, 2.45) is 0 Å². The van der Waals surface area contributed by atoms with Gasteiger partial charge in [-0.2, -0.15) is 0 Å². The third-order valence-electron chi connectivity index (χ3n) is 2.92. The van der Waals surface area contributed by atoms with Gasteiger partial charge in [-0.05, 0) is 39.0 Å². The first-order valence-electron chi connectivity index (χ1n) is 6.11. The minimum atomic E-state index is -1.16. The summed E-state index contributed by atoms with van der Waals surface area (Å²) in [4.78, 5) is 16.5. The molecule has 1 aromatic heterocycles. The number of nitrogens with zero attached hydrogens (tertiary/aromatic N) is 1. The first-order valence-corrected chi connectivity index (χ1v) is 6.93. The fourth-order valence-electron chi connectivity index (χ4n) is 2.07. The summed E-state index contributed by atoms with van der Waals surface area (Å²) < 4.78 is 13.1. The lowest BCUT2D eigenvalue weighted by atomic mass is 10.1. The van der Waals surface area contributed by atoms with Crippen molar-refractivity contribution in [1.29, 1.82) is 0 Å². The van der Waals surface area contributed by atoms with Gasteiger partial charge < -0.3 is 10.4 Å². The SMILES string of the molecule is Cc1nc(C)c(C(C)Nc2ccc(F)cc2C(=O)O)s1. The Balaban J connectivity index is 2.30. The maximum Gasteiger partial charge on any atom is 0.337 e. The van der Waals surface area contributed by atoms with Crippen LogP contribution in [0.25, 0.3) is 0 Å². The number of carboxylic acids is 1. The zero-order chi connectivity index (χ0) is 14.9. The highest BCUT2D eigenvalue weighted by atomic mass is 32.1. The summed E-state index contributed by atoms with van der Waals surface area (Å²) in [5.74, 6) is -1.72. The first kappa shape index (κ1) is 14.5. The largest absolute Gasteiger partial charge is 0.478 e. The zero-order valence-corrected chi connectivity index (χ0v) is 12.2. The smallest absolute Gasteiger partial charge is 0.337 e. The molecule has 2 N–H and O–H groups in total. The Morgan fingerprint density at radius 2 is 2.15 bits per heavy atom. The zero-order valence-electron chi connectivity index (χ0n) is 11.4. The van der Waals surface area contributed by atoms with Crippen LogP contribution < -0.4 is 5.32 Å². The highest BCUT2D eigenvalue weighted by Gasteiger charge is 2.17. The highest BCUT2D eigenvalue weighted by molar-refractivity contribution is 7.11. The van der Waals surface area contributed by atoms with Crippen LogP contribution in [0.2, 0.25) is 0 Å². The van der Waals surface area contributed by atoms with E-state index in [1.165, 1.54) is 12.1 Å². The summed E-state index contributed by atoms with van der Waals surface area (Å²) in [5, 5.41) is 13.2. The van der Waals surface area contributed by atoms with E-state index in [0.717, 1.165) is 21.6 Å². The summed E-state index contributed by atoms with van der Waals surface area (Å²) in [7, 11) is 0. The number of aromatic nitrogens is 1. The molecule has 0 spiro atoms. The third-order valence-corrected chi connectivity index (χ3v) is 4.17. The minimum Gasteiger partial charge on any atom is -0.478 e. The summed E-state index contributed by atoms with van der Waals surface area (Å²) in [6.45, 7) is 5.77. The number of thiazole rings is 1. The van der Waals surface area contributed by atoms with E-state index in [9.17, 15) is 9.18 Å². The molecule has 0 aliphatic carbocycles. The molecule has 106 valence electrons. The lowest BCUT2D eigenvalue weighted by molar-refractivity contribution is 0.0697. The topological polar surface area (TPSA) is 62.2 Å². The molecular weight excluding hydrogens is 279 g/mol. The molecule has 0 aliphatic rings. The molecule has 0 fully saturated rings. The molecule has 0 saturated carbocycles. The van der Waals surface area contributed by atoms with Gasteiger partial charge in [-0.15, -0.1) is 11.3 Å². The van der Waals surface area contributed by atoms with E-state index in [-0.39, 0.29) is 11.6 Å². The van der Waals surface area contributed by atoms with Crippen LogP contribution in [0.1, 0.15) is 38.9 Å². The van der Waals surface area contributed by atoms with Crippen molar-refractivity contribution in [3.05, 3.63) is 45.2 Å². The average Bonchev–Trinajstić information content (AvgIpc) is 2.70. The monoisotopic (exact) mass is 294 g/mol. The van der Waals surface area contributed by atoms with Crippen molar-refractivity contribution in [3.63, 3.8) is 0 Å². The Hall–Kier alpha value is -1.95. The average molecular weight is 294 g/mol. The molecule has 4 nitrogen and oxygen atoms in total. The normalized spacial score (nSPS) is 12.2. The van der Waals surface area contributed by atoms with Crippen molar-refractivity contribution in [1.82, 2.24) is 4.98 Å². The van der Waals surface area contributed by atoms with Crippen molar-refractivity contribution < 1.29 is 14.3 Å². The Bertz CT molecular complexity index is 655. The lowest BCUT2D eigenvalue weighted by Crippen LogP contribution is -2.11. The second-order valence-electron chi connectivity index (χ2n) is 4.54.